The van der Waals surface area contributed by atoms with Crippen LogP contribution < -0.4 is 5.32 Å². The minimum absolute atomic E-state index is 0.262. The molecule has 0 amide bonds. The quantitative estimate of drug-likeness (QED) is 0.619. The minimum atomic E-state index is 0.262. The third-order valence-corrected chi connectivity index (χ3v) is 7.92. The van der Waals surface area contributed by atoms with Crippen LogP contribution in [0.5, 0.6) is 0 Å². The van der Waals surface area contributed by atoms with Crippen LogP contribution in [0.4, 0.5) is 0 Å². The molecule has 2 rings (SSSR count). The van der Waals surface area contributed by atoms with Gasteiger partial charge in [-0.25, -0.2) is 0 Å². The van der Waals surface area contributed by atoms with Crippen LogP contribution >= 0.6 is 70.5 Å². The van der Waals surface area contributed by atoms with Crippen molar-refractivity contribution in [1.82, 2.24) is 5.32 Å². The van der Waals surface area contributed by atoms with Gasteiger partial charge in [0.05, 0.1) is 9.83 Å². The number of thiophene rings is 2. The lowest BCUT2D eigenvalue weighted by atomic mass is 10.2. The molecule has 2 aromatic heterocycles. The van der Waals surface area contributed by atoms with Gasteiger partial charge in [-0.15, -0.1) is 22.7 Å². The first-order valence-corrected chi connectivity index (χ1v) is 8.92. The Balaban J connectivity index is 2.39. The second kappa shape index (κ2) is 5.84. The lowest BCUT2D eigenvalue weighted by molar-refractivity contribution is 0.716. The first kappa shape index (κ1) is 14.2. The zero-order valence-corrected chi connectivity index (χ0v) is 15.6. The van der Waals surface area contributed by atoms with Gasteiger partial charge >= 0.3 is 0 Å². The Kier molecular flexibility index (Phi) is 4.88. The average Bonchev–Trinajstić information content (AvgIpc) is 2.75. The number of nitrogens with one attached hydrogen (secondary N) is 1. The summed E-state index contributed by atoms with van der Waals surface area (Å²) in [6, 6.07) is 4.62. The Morgan fingerprint density at radius 3 is 2.06 bits per heavy atom. The van der Waals surface area contributed by atoms with Gasteiger partial charge in [0.2, 0.25) is 0 Å². The summed E-state index contributed by atoms with van der Waals surface area (Å²) in [4.78, 5) is 3.95. The minimum Gasteiger partial charge on any atom is -0.308 e. The Hall–Kier alpha value is 0.800. The van der Waals surface area contributed by atoms with Gasteiger partial charge in [-0.1, -0.05) is 0 Å². The van der Waals surface area contributed by atoms with Crippen molar-refractivity contribution in [2.24, 2.45) is 0 Å². The maximum atomic E-state index is 3.57. The van der Waals surface area contributed by atoms with Crippen LogP contribution in [0.1, 0.15) is 20.7 Å². The molecule has 1 N–H and O–H groups in total. The van der Waals surface area contributed by atoms with Gasteiger partial charge in [-0.2, -0.15) is 0 Å². The molecule has 92 valence electrons. The number of hydrogen-bond donors (Lipinski definition) is 1. The summed E-state index contributed by atoms with van der Waals surface area (Å²) in [6.45, 7) is 2.13. The highest BCUT2D eigenvalue weighted by Gasteiger charge is 2.18. The predicted molar refractivity (Wildman–Crippen MR) is 87.4 cm³/mol. The van der Waals surface area contributed by atoms with Crippen LogP contribution in [0, 0.1) is 6.92 Å². The summed E-state index contributed by atoms with van der Waals surface area (Å²) in [6.07, 6.45) is 0. The molecule has 0 saturated heterocycles. The van der Waals surface area contributed by atoms with Crippen molar-refractivity contribution < 1.29 is 0 Å². The summed E-state index contributed by atoms with van der Waals surface area (Å²) in [5, 5.41) is 3.37. The zero-order chi connectivity index (χ0) is 12.6. The molecule has 2 aromatic rings. The topological polar surface area (TPSA) is 12.0 Å². The van der Waals surface area contributed by atoms with Gasteiger partial charge in [0.15, 0.2) is 0 Å². The molecule has 1 atom stereocenters. The van der Waals surface area contributed by atoms with Gasteiger partial charge in [0.25, 0.3) is 0 Å². The van der Waals surface area contributed by atoms with Gasteiger partial charge in [-0.3, -0.25) is 0 Å². The van der Waals surface area contributed by atoms with E-state index in [0.29, 0.717) is 0 Å². The van der Waals surface area contributed by atoms with E-state index in [-0.39, 0.29) is 6.04 Å². The van der Waals surface area contributed by atoms with Crippen molar-refractivity contribution in [1.29, 1.82) is 0 Å². The van der Waals surface area contributed by atoms with Crippen molar-refractivity contribution in [3.63, 3.8) is 0 Å². The van der Waals surface area contributed by atoms with Crippen LogP contribution in [-0.2, 0) is 0 Å². The molecule has 1 unspecified atom stereocenters. The molecule has 0 aliphatic carbocycles. The van der Waals surface area contributed by atoms with Crippen LogP contribution in [-0.4, -0.2) is 7.05 Å². The fraction of sp³-hybridized carbons (Fsp3) is 0.273. The van der Waals surface area contributed by atoms with Crippen molar-refractivity contribution >= 4 is 70.5 Å². The molecule has 0 aliphatic heterocycles. The Labute approximate surface area is 134 Å². The second-order valence-electron chi connectivity index (χ2n) is 3.54. The molecule has 2 heterocycles. The summed E-state index contributed by atoms with van der Waals surface area (Å²) < 4.78 is 3.44. The van der Waals surface area contributed by atoms with Crippen molar-refractivity contribution in [3.8, 4) is 0 Å². The maximum absolute atomic E-state index is 3.57. The van der Waals surface area contributed by atoms with E-state index in [1.165, 1.54) is 19.1 Å². The normalized spacial score (nSPS) is 13.0. The Morgan fingerprint density at radius 1 is 1.06 bits per heavy atom. The third kappa shape index (κ3) is 3.04. The van der Waals surface area contributed by atoms with E-state index >= 15 is 0 Å². The van der Waals surface area contributed by atoms with E-state index < -0.39 is 0 Å². The third-order valence-electron chi connectivity index (χ3n) is 2.40. The number of halogens is 3. The fourth-order valence-electron chi connectivity index (χ4n) is 1.55. The molecule has 1 nitrogen and oxygen atoms in total. The number of aryl methyl sites for hydroxylation is 1. The molecule has 0 aromatic carbocycles. The Morgan fingerprint density at radius 2 is 1.65 bits per heavy atom. The molecule has 6 heteroatoms. The zero-order valence-electron chi connectivity index (χ0n) is 9.18. The summed E-state index contributed by atoms with van der Waals surface area (Å²) in [5.41, 5.74) is 0. The van der Waals surface area contributed by atoms with E-state index in [2.05, 4.69) is 72.2 Å². The molecule has 0 fully saturated rings. The van der Waals surface area contributed by atoms with Crippen LogP contribution in [0.15, 0.2) is 24.9 Å². The largest absolute Gasteiger partial charge is 0.308 e. The second-order valence-corrected chi connectivity index (χ2v) is 8.94. The summed E-state index contributed by atoms with van der Waals surface area (Å²) >= 11 is 14.2. The highest BCUT2D eigenvalue weighted by Crippen LogP contribution is 2.40. The van der Waals surface area contributed by atoms with Gasteiger partial charge in [0.1, 0.15) is 0 Å². The molecule has 0 spiro atoms. The van der Waals surface area contributed by atoms with Crippen molar-refractivity contribution in [2.75, 3.05) is 7.05 Å². The van der Waals surface area contributed by atoms with Crippen LogP contribution in [0.2, 0.25) is 0 Å². The summed E-state index contributed by atoms with van der Waals surface area (Å²) in [5.74, 6) is 0. The molecular formula is C11H10Br3NS2. The molecule has 17 heavy (non-hydrogen) atoms. The smallest absolute Gasteiger partial charge is 0.0843 e. The molecular weight excluding hydrogens is 450 g/mol. The fourth-order valence-corrected chi connectivity index (χ4v) is 5.54. The number of rotatable bonds is 3. The highest BCUT2D eigenvalue weighted by molar-refractivity contribution is 9.13. The van der Waals surface area contributed by atoms with Crippen LogP contribution in [0.3, 0.4) is 0 Å². The van der Waals surface area contributed by atoms with Gasteiger partial charge in [-0.05, 0) is 73.9 Å². The first-order valence-electron chi connectivity index (χ1n) is 4.90. The lowest BCUT2D eigenvalue weighted by Gasteiger charge is -2.11. The maximum Gasteiger partial charge on any atom is 0.0843 e. The van der Waals surface area contributed by atoms with Gasteiger partial charge < -0.3 is 5.32 Å². The molecule has 0 radical (unpaired) electrons. The molecule has 0 saturated carbocycles. The van der Waals surface area contributed by atoms with E-state index in [4.69, 9.17) is 0 Å². The number of hydrogen-bond acceptors (Lipinski definition) is 3. The molecule has 0 bridgehead atoms. The first-order chi connectivity index (χ1) is 8.02. The standard InChI is InChI=1S/C11H10Br3NS2/c1-5-6(12)3-8(16-5)10(15-2)9-4-7(13)11(14)17-9/h3-4,10,15H,1-2H3. The Bertz CT molecular complexity index is 448. The monoisotopic (exact) mass is 457 g/mol. The van der Waals surface area contributed by atoms with E-state index in [1.807, 2.05) is 18.4 Å². The average molecular weight is 460 g/mol. The molecule has 0 aliphatic rings. The predicted octanol–water partition coefficient (Wildman–Crippen LogP) is 5.71. The van der Waals surface area contributed by atoms with E-state index in [9.17, 15) is 0 Å². The van der Waals surface area contributed by atoms with Crippen molar-refractivity contribution in [2.45, 2.75) is 13.0 Å². The highest BCUT2D eigenvalue weighted by atomic mass is 79.9. The van der Waals surface area contributed by atoms with E-state index in [0.717, 1.165) is 8.26 Å². The lowest BCUT2D eigenvalue weighted by Crippen LogP contribution is -2.14. The SMILES string of the molecule is CNC(c1cc(Br)c(C)s1)c1cc(Br)c(Br)s1. The van der Waals surface area contributed by atoms with E-state index in [1.54, 1.807) is 11.3 Å². The van der Waals surface area contributed by atoms with Crippen LogP contribution in [0.25, 0.3) is 0 Å². The summed E-state index contributed by atoms with van der Waals surface area (Å²) in [7, 11) is 2.00. The van der Waals surface area contributed by atoms with Crippen molar-refractivity contribution in [3.05, 3.63) is 39.5 Å². The van der Waals surface area contributed by atoms with Gasteiger partial charge in [0, 0.05) is 23.6 Å².